The molecule has 0 saturated carbocycles. The molecule has 0 atom stereocenters. The Kier molecular flexibility index (Phi) is 2.69. The summed E-state index contributed by atoms with van der Waals surface area (Å²) in [6, 6.07) is 0. The Bertz CT molecular complexity index is 201. The summed E-state index contributed by atoms with van der Waals surface area (Å²) < 4.78 is 0. The molecule has 1 rings (SSSR count). The van der Waals surface area contributed by atoms with Crippen molar-refractivity contribution in [2.24, 2.45) is 4.99 Å². The Balaban J connectivity index is 2.75. The highest BCUT2D eigenvalue weighted by atomic mass is 35.5. The summed E-state index contributed by atoms with van der Waals surface area (Å²) in [5.74, 6) is 0. The molecule has 1 heterocycles. The first-order chi connectivity index (χ1) is 4.83. The monoisotopic (exact) mass is 155 g/mol. The Morgan fingerprint density at radius 2 is 2.50 bits per heavy atom. The van der Waals surface area contributed by atoms with Gasteiger partial charge in [0.2, 0.25) is 0 Å². The predicted octanol–water partition coefficient (Wildman–Crippen LogP) is 2.88. The van der Waals surface area contributed by atoms with Crippen LogP contribution < -0.4 is 0 Å². The van der Waals surface area contributed by atoms with Crippen LogP contribution in [0.4, 0.5) is 0 Å². The van der Waals surface area contributed by atoms with Crippen molar-refractivity contribution in [3.05, 3.63) is 23.9 Å². The van der Waals surface area contributed by atoms with Gasteiger partial charge in [-0.15, -0.1) is 0 Å². The van der Waals surface area contributed by atoms with Crippen LogP contribution in [0.2, 0.25) is 0 Å². The molecule has 0 aromatic rings. The maximum Gasteiger partial charge on any atom is 0.110 e. The molecule has 54 valence electrons. The van der Waals surface area contributed by atoms with Crippen LogP contribution in [-0.4, -0.2) is 5.17 Å². The molecule has 0 aromatic heterocycles. The number of rotatable bonds is 1. The molecule has 0 bridgehead atoms. The molecule has 0 saturated heterocycles. The van der Waals surface area contributed by atoms with Gasteiger partial charge in [0.1, 0.15) is 5.17 Å². The van der Waals surface area contributed by atoms with Crippen LogP contribution in [0.25, 0.3) is 0 Å². The molecule has 0 aliphatic carbocycles. The fourth-order valence-corrected chi connectivity index (χ4v) is 0.903. The zero-order valence-electron chi connectivity index (χ0n) is 5.97. The average molecular weight is 156 g/mol. The second-order valence-corrected chi connectivity index (χ2v) is 2.61. The molecule has 1 aliphatic rings. The minimum Gasteiger partial charge on any atom is -0.248 e. The van der Waals surface area contributed by atoms with Crippen LogP contribution in [0.5, 0.6) is 0 Å². The van der Waals surface area contributed by atoms with Crippen LogP contribution in [0.3, 0.4) is 0 Å². The van der Waals surface area contributed by atoms with Crippen molar-refractivity contribution in [2.45, 2.75) is 19.8 Å². The van der Waals surface area contributed by atoms with E-state index in [0.717, 1.165) is 12.8 Å². The third-order valence-electron chi connectivity index (χ3n) is 1.40. The molecule has 0 aromatic carbocycles. The van der Waals surface area contributed by atoms with Gasteiger partial charge in [-0.3, -0.25) is 0 Å². The summed E-state index contributed by atoms with van der Waals surface area (Å²) in [4.78, 5) is 4.03. The lowest BCUT2D eigenvalue weighted by Gasteiger charge is -1.88. The van der Waals surface area contributed by atoms with Crippen LogP contribution in [0.15, 0.2) is 28.9 Å². The second kappa shape index (κ2) is 3.57. The summed E-state index contributed by atoms with van der Waals surface area (Å²) in [7, 11) is 0. The van der Waals surface area contributed by atoms with Gasteiger partial charge >= 0.3 is 0 Å². The number of hydrogen-bond acceptors (Lipinski definition) is 1. The van der Waals surface area contributed by atoms with Gasteiger partial charge in [-0.25, -0.2) is 4.99 Å². The Morgan fingerprint density at radius 1 is 1.70 bits per heavy atom. The summed E-state index contributed by atoms with van der Waals surface area (Å²) in [6.45, 7) is 2.10. The van der Waals surface area contributed by atoms with Gasteiger partial charge in [-0.05, 0) is 12.0 Å². The van der Waals surface area contributed by atoms with E-state index < -0.39 is 0 Å². The van der Waals surface area contributed by atoms with E-state index >= 15 is 0 Å². The standard InChI is InChI=1S/C8H10ClN/c1-2-7-4-3-5-8(9)10-6-7/h3-4,6H,2,5H2,1H3. The van der Waals surface area contributed by atoms with E-state index in [1.807, 2.05) is 12.3 Å². The largest absolute Gasteiger partial charge is 0.248 e. The number of nitrogens with zero attached hydrogens (tertiary/aromatic N) is 1. The normalized spacial score (nSPS) is 17.8. The smallest absolute Gasteiger partial charge is 0.110 e. The minimum atomic E-state index is 0.666. The lowest BCUT2D eigenvalue weighted by Crippen LogP contribution is -1.78. The van der Waals surface area contributed by atoms with Gasteiger partial charge < -0.3 is 0 Å². The zero-order valence-corrected chi connectivity index (χ0v) is 6.73. The lowest BCUT2D eigenvalue weighted by molar-refractivity contribution is 1.14. The van der Waals surface area contributed by atoms with Gasteiger partial charge in [-0.2, -0.15) is 0 Å². The molecular formula is C8H10ClN. The maximum atomic E-state index is 5.70. The SMILES string of the molecule is CCC1=CN=C(Cl)CC=C1. The molecule has 0 N–H and O–H groups in total. The predicted molar refractivity (Wildman–Crippen MR) is 45.4 cm³/mol. The number of allylic oxidation sites excluding steroid dienone is 3. The Morgan fingerprint density at radius 3 is 3.20 bits per heavy atom. The van der Waals surface area contributed by atoms with Crippen LogP contribution in [0, 0.1) is 0 Å². The summed E-state index contributed by atoms with van der Waals surface area (Å²) in [6.07, 6.45) is 7.71. The summed E-state index contributed by atoms with van der Waals surface area (Å²) in [5.41, 5.74) is 1.23. The van der Waals surface area contributed by atoms with E-state index in [-0.39, 0.29) is 0 Å². The van der Waals surface area contributed by atoms with Gasteiger partial charge in [0, 0.05) is 12.6 Å². The quantitative estimate of drug-likeness (QED) is 0.552. The minimum absolute atomic E-state index is 0.666. The molecule has 0 unspecified atom stereocenters. The molecule has 1 nitrogen and oxygen atoms in total. The van der Waals surface area contributed by atoms with Crippen molar-refractivity contribution in [1.29, 1.82) is 0 Å². The first kappa shape index (κ1) is 7.55. The first-order valence-electron chi connectivity index (χ1n) is 3.40. The van der Waals surface area contributed by atoms with E-state index in [1.54, 1.807) is 0 Å². The summed E-state index contributed by atoms with van der Waals surface area (Å²) >= 11 is 5.70. The highest BCUT2D eigenvalue weighted by molar-refractivity contribution is 6.65. The number of aliphatic imine (C=N–C) groups is 1. The van der Waals surface area contributed by atoms with Crippen LogP contribution in [0.1, 0.15) is 19.8 Å². The average Bonchev–Trinajstić information content (AvgIpc) is 2.14. The third-order valence-corrected chi connectivity index (χ3v) is 1.65. The topological polar surface area (TPSA) is 12.4 Å². The molecule has 2 heteroatoms. The first-order valence-corrected chi connectivity index (χ1v) is 3.78. The molecule has 0 spiro atoms. The van der Waals surface area contributed by atoms with E-state index in [2.05, 4.69) is 18.0 Å². The highest BCUT2D eigenvalue weighted by Gasteiger charge is 1.94. The van der Waals surface area contributed by atoms with Crippen molar-refractivity contribution in [3.63, 3.8) is 0 Å². The maximum absolute atomic E-state index is 5.70. The number of hydrogen-bond donors (Lipinski definition) is 0. The van der Waals surface area contributed by atoms with E-state index in [1.165, 1.54) is 5.57 Å². The molecule has 0 amide bonds. The Hall–Kier alpha value is -0.560. The summed E-state index contributed by atoms with van der Waals surface area (Å²) in [5, 5.41) is 0.666. The van der Waals surface area contributed by atoms with Crippen molar-refractivity contribution in [2.75, 3.05) is 0 Å². The molecule has 1 aliphatic heterocycles. The Labute approximate surface area is 66.1 Å². The van der Waals surface area contributed by atoms with Crippen LogP contribution >= 0.6 is 11.6 Å². The number of halogens is 1. The molecular weight excluding hydrogens is 146 g/mol. The lowest BCUT2D eigenvalue weighted by atomic mass is 10.2. The van der Waals surface area contributed by atoms with E-state index in [4.69, 9.17) is 11.6 Å². The van der Waals surface area contributed by atoms with E-state index in [9.17, 15) is 0 Å². The fourth-order valence-electron chi connectivity index (χ4n) is 0.765. The van der Waals surface area contributed by atoms with Crippen molar-refractivity contribution in [3.8, 4) is 0 Å². The van der Waals surface area contributed by atoms with Gasteiger partial charge in [0.25, 0.3) is 0 Å². The van der Waals surface area contributed by atoms with E-state index in [0.29, 0.717) is 5.17 Å². The van der Waals surface area contributed by atoms with Gasteiger partial charge in [-0.1, -0.05) is 30.7 Å². The van der Waals surface area contributed by atoms with Gasteiger partial charge in [0.15, 0.2) is 0 Å². The van der Waals surface area contributed by atoms with Crippen molar-refractivity contribution in [1.82, 2.24) is 0 Å². The molecule has 10 heavy (non-hydrogen) atoms. The third kappa shape index (κ3) is 1.99. The highest BCUT2D eigenvalue weighted by Crippen LogP contribution is 2.09. The zero-order chi connectivity index (χ0) is 7.40. The van der Waals surface area contributed by atoms with Crippen LogP contribution in [-0.2, 0) is 0 Å². The second-order valence-electron chi connectivity index (χ2n) is 2.17. The van der Waals surface area contributed by atoms with Gasteiger partial charge in [0.05, 0.1) is 0 Å². The molecule has 0 fully saturated rings. The molecule has 0 radical (unpaired) electrons. The van der Waals surface area contributed by atoms with Crippen molar-refractivity contribution < 1.29 is 0 Å². The van der Waals surface area contributed by atoms with Crippen molar-refractivity contribution >= 4 is 16.8 Å². The fraction of sp³-hybridized carbons (Fsp3) is 0.375.